The SMILES string of the molecule is CCC(C(=O)NC1CCCCC1)N(CCc1ccccc1)C(=O)Cc1ccccc1Cl. The summed E-state index contributed by atoms with van der Waals surface area (Å²) in [5.41, 5.74) is 1.95. The molecule has 2 aromatic rings. The van der Waals surface area contributed by atoms with Crippen LogP contribution >= 0.6 is 11.6 Å². The topological polar surface area (TPSA) is 49.4 Å². The second-order valence-electron chi connectivity index (χ2n) is 8.36. The highest BCUT2D eigenvalue weighted by Crippen LogP contribution is 2.20. The molecule has 1 fully saturated rings. The van der Waals surface area contributed by atoms with Gasteiger partial charge in [-0.1, -0.05) is 86.3 Å². The van der Waals surface area contributed by atoms with E-state index in [0.29, 0.717) is 24.4 Å². The lowest BCUT2D eigenvalue weighted by Crippen LogP contribution is -2.52. The van der Waals surface area contributed by atoms with Gasteiger partial charge in [0, 0.05) is 17.6 Å². The largest absolute Gasteiger partial charge is 0.352 e. The van der Waals surface area contributed by atoms with E-state index < -0.39 is 6.04 Å². The summed E-state index contributed by atoms with van der Waals surface area (Å²) in [7, 11) is 0. The third-order valence-corrected chi connectivity index (χ3v) is 6.49. The maximum absolute atomic E-state index is 13.4. The molecule has 0 radical (unpaired) electrons. The van der Waals surface area contributed by atoms with Crippen LogP contribution in [-0.4, -0.2) is 35.3 Å². The third-order valence-electron chi connectivity index (χ3n) is 6.12. The van der Waals surface area contributed by atoms with Crippen LogP contribution in [0.15, 0.2) is 54.6 Å². The highest BCUT2D eigenvalue weighted by molar-refractivity contribution is 6.31. The van der Waals surface area contributed by atoms with Crippen molar-refractivity contribution in [1.29, 1.82) is 0 Å². The van der Waals surface area contributed by atoms with E-state index in [1.54, 1.807) is 11.0 Å². The number of hydrogen-bond acceptors (Lipinski definition) is 2. The second-order valence-corrected chi connectivity index (χ2v) is 8.77. The zero-order chi connectivity index (χ0) is 22.1. The Labute approximate surface area is 191 Å². The minimum absolute atomic E-state index is 0.0324. The lowest BCUT2D eigenvalue weighted by molar-refractivity contribution is -0.140. The van der Waals surface area contributed by atoms with Crippen molar-refractivity contribution in [2.24, 2.45) is 0 Å². The molecule has 0 spiro atoms. The fraction of sp³-hybridized carbons (Fsp3) is 0.462. The normalized spacial score (nSPS) is 15.3. The Balaban J connectivity index is 1.75. The van der Waals surface area contributed by atoms with Gasteiger partial charge in [0.2, 0.25) is 11.8 Å². The number of halogens is 1. The molecule has 0 heterocycles. The first-order chi connectivity index (χ1) is 15.1. The van der Waals surface area contributed by atoms with Crippen molar-refractivity contribution < 1.29 is 9.59 Å². The molecular formula is C26H33ClN2O2. The molecule has 1 unspecified atom stereocenters. The van der Waals surface area contributed by atoms with Crippen LogP contribution in [0.5, 0.6) is 0 Å². The Morgan fingerprint density at radius 1 is 1.03 bits per heavy atom. The highest BCUT2D eigenvalue weighted by atomic mass is 35.5. The van der Waals surface area contributed by atoms with Crippen LogP contribution in [0.4, 0.5) is 0 Å². The lowest BCUT2D eigenvalue weighted by atomic mass is 9.95. The lowest BCUT2D eigenvalue weighted by Gasteiger charge is -2.33. The Bertz CT molecular complexity index is 849. The van der Waals surface area contributed by atoms with Gasteiger partial charge in [0.1, 0.15) is 6.04 Å². The monoisotopic (exact) mass is 440 g/mol. The van der Waals surface area contributed by atoms with E-state index in [9.17, 15) is 9.59 Å². The maximum Gasteiger partial charge on any atom is 0.243 e. The zero-order valence-corrected chi connectivity index (χ0v) is 19.1. The van der Waals surface area contributed by atoms with E-state index in [4.69, 9.17) is 11.6 Å². The van der Waals surface area contributed by atoms with Crippen LogP contribution < -0.4 is 5.32 Å². The average Bonchev–Trinajstić information content (AvgIpc) is 2.79. The summed E-state index contributed by atoms with van der Waals surface area (Å²) < 4.78 is 0. The van der Waals surface area contributed by atoms with E-state index in [-0.39, 0.29) is 24.3 Å². The van der Waals surface area contributed by atoms with E-state index >= 15 is 0 Å². The standard InChI is InChI=1S/C26H33ClN2O2/c1-2-24(26(31)28-22-14-7-4-8-15-22)29(18-17-20-11-5-3-6-12-20)25(30)19-21-13-9-10-16-23(21)27/h3,5-6,9-13,16,22,24H,2,4,7-8,14-15,17-19H2,1H3,(H,28,31). The Morgan fingerprint density at radius 2 is 1.71 bits per heavy atom. The Kier molecular flexibility index (Phi) is 8.96. The highest BCUT2D eigenvalue weighted by Gasteiger charge is 2.30. The van der Waals surface area contributed by atoms with Gasteiger partial charge in [-0.2, -0.15) is 0 Å². The number of benzene rings is 2. The number of carbonyl (C=O) groups excluding carboxylic acids is 2. The van der Waals surface area contributed by atoms with Crippen molar-refractivity contribution in [2.45, 2.75) is 70.4 Å². The minimum atomic E-state index is -0.472. The molecule has 0 bridgehead atoms. The molecule has 31 heavy (non-hydrogen) atoms. The molecule has 0 saturated heterocycles. The van der Waals surface area contributed by atoms with Crippen LogP contribution in [-0.2, 0) is 22.4 Å². The second kappa shape index (κ2) is 11.9. The summed E-state index contributed by atoms with van der Waals surface area (Å²) in [5.74, 6) is -0.0929. The van der Waals surface area contributed by atoms with Crippen LogP contribution in [0.3, 0.4) is 0 Å². The maximum atomic E-state index is 13.4. The molecule has 0 aliphatic heterocycles. The molecular weight excluding hydrogens is 408 g/mol. The smallest absolute Gasteiger partial charge is 0.243 e. The molecule has 0 aromatic heterocycles. The number of nitrogens with zero attached hydrogens (tertiary/aromatic N) is 1. The van der Waals surface area contributed by atoms with E-state index in [0.717, 1.165) is 36.8 Å². The minimum Gasteiger partial charge on any atom is -0.352 e. The van der Waals surface area contributed by atoms with Crippen molar-refractivity contribution in [3.05, 3.63) is 70.7 Å². The molecule has 1 aliphatic rings. The van der Waals surface area contributed by atoms with Crippen molar-refractivity contribution in [3.8, 4) is 0 Å². The Morgan fingerprint density at radius 3 is 2.39 bits per heavy atom. The van der Waals surface area contributed by atoms with E-state index in [2.05, 4.69) is 17.4 Å². The number of amides is 2. The molecule has 2 aromatic carbocycles. The number of carbonyl (C=O) groups is 2. The molecule has 1 atom stereocenters. The first-order valence-electron chi connectivity index (χ1n) is 11.5. The summed E-state index contributed by atoms with van der Waals surface area (Å²) in [6, 6.07) is 17.3. The van der Waals surface area contributed by atoms with Crippen LogP contribution in [0, 0.1) is 0 Å². The van der Waals surface area contributed by atoms with Crippen LogP contribution in [0.2, 0.25) is 5.02 Å². The fourth-order valence-electron chi connectivity index (χ4n) is 4.35. The van der Waals surface area contributed by atoms with Crippen molar-refractivity contribution >= 4 is 23.4 Å². The summed E-state index contributed by atoms with van der Waals surface area (Å²) in [6.45, 7) is 2.48. The molecule has 1 N–H and O–H groups in total. The number of nitrogens with one attached hydrogen (secondary N) is 1. The number of rotatable bonds is 9. The first kappa shape index (κ1) is 23.3. The van der Waals surface area contributed by atoms with E-state index in [1.165, 1.54) is 6.42 Å². The van der Waals surface area contributed by atoms with Gasteiger partial charge in [0.05, 0.1) is 6.42 Å². The van der Waals surface area contributed by atoms with Gasteiger partial charge in [-0.05, 0) is 42.9 Å². The van der Waals surface area contributed by atoms with Crippen molar-refractivity contribution in [2.75, 3.05) is 6.54 Å². The average molecular weight is 441 g/mol. The first-order valence-corrected chi connectivity index (χ1v) is 11.8. The summed E-state index contributed by atoms with van der Waals surface area (Å²) >= 11 is 6.30. The third kappa shape index (κ3) is 6.83. The predicted molar refractivity (Wildman–Crippen MR) is 126 cm³/mol. The molecule has 4 nitrogen and oxygen atoms in total. The zero-order valence-electron chi connectivity index (χ0n) is 18.4. The van der Waals surface area contributed by atoms with Gasteiger partial charge in [-0.3, -0.25) is 9.59 Å². The fourth-order valence-corrected chi connectivity index (χ4v) is 4.55. The molecule has 1 saturated carbocycles. The Hall–Kier alpha value is -2.33. The van der Waals surface area contributed by atoms with Gasteiger partial charge in [-0.15, -0.1) is 0 Å². The predicted octanol–water partition coefficient (Wildman–Crippen LogP) is 5.18. The van der Waals surface area contributed by atoms with Crippen LogP contribution in [0.1, 0.15) is 56.6 Å². The summed E-state index contributed by atoms with van der Waals surface area (Å²) in [6.07, 6.45) is 7.10. The number of hydrogen-bond donors (Lipinski definition) is 1. The van der Waals surface area contributed by atoms with Crippen LogP contribution in [0.25, 0.3) is 0 Å². The van der Waals surface area contributed by atoms with Gasteiger partial charge in [-0.25, -0.2) is 0 Å². The van der Waals surface area contributed by atoms with Crippen molar-refractivity contribution in [3.63, 3.8) is 0 Å². The molecule has 3 rings (SSSR count). The summed E-state index contributed by atoms with van der Waals surface area (Å²) in [4.78, 5) is 28.3. The molecule has 5 heteroatoms. The molecule has 2 amide bonds. The molecule has 1 aliphatic carbocycles. The van der Waals surface area contributed by atoms with Gasteiger partial charge < -0.3 is 10.2 Å². The van der Waals surface area contributed by atoms with Gasteiger partial charge in [0.25, 0.3) is 0 Å². The molecule has 166 valence electrons. The quantitative estimate of drug-likeness (QED) is 0.583. The van der Waals surface area contributed by atoms with Crippen molar-refractivity contribution in [1.82, 2.24) is 10.2 Å². The van der Waals surface area contributed by atoms with E-state index in [1.807, 2.05) is 43.3 Å². The van der Waals surface area contributed by atoms with Gasteiger partial charge in [0.15, 0.2) is 0 Å². The van der Waals surface area contributed by atoms with Gasteiger partial charge >= 0.3 is 0 Å². The summed E-state index contributed by atoms with van der Waals surface area (Å²) in [5, 5.41) is 3.80.